The molecule has 2 N–H and O–H groups in total. The Kier molecular flexibility index (Phi) is 6.97. The van der Waals surface area contributed by atoms with Crippen LogP contribution in [0, 0.1) is 0 Å². The number of carbonyl (C=O) groups is 1. The summed E-state index contributed by atoms with van der Waals surface area (Å²) in [5, 5.41) is 7.02. The van der Waals surface area contributed by atoms with Gasteiger partial charge in [-0.3, -0.25) is 4.79 Å². The number of carbonyl (C=O) groups excluding carboxylic acids is 1. The lowest BCUT2D eigenvalue weighted by atomic mass is 9.95. The highest BCUT2D eigenvalue weighted by molar-refractivity contribution is 7.99. The summed E-state index contributed by atoms with van der Waals surface area (Å²) in [5.74, 6) is 0.149. The number of amides is 1. The molecule has 0 spiro atoms. The van der Waals surface area contributed by atoms with Crippen LogP contribution in [-0.2, 0) is 4.79 Å². The van der Waals surface area contributed by atoms with Crippen molar-refractivity contribution >= 4 is 17.7 Å². The maximum absolute atomic E-state index is 11.8. The molecule has 3 nitrogen and oxygen atoms in total. The molecule has 1 fully saturated rings. The van der Waals surface area contributed by atoms with Gasteiger partial charge in [-0.2, -0.15) is 11.8 Å². The van der Waals surface area contributed by atoms with E-state index in [0.717, 1.165) is 12.8 Å². The van der Waals surface area contributed by atoms with Gasteiger partial charge in [0.25, 0.3) is 0 Å². The first-order chi connectivity index (χ1) is 8.17. The number of nitrogens with one attached hydrogen (secondary N) is 2. The Morgan fingerprint density at radius 2 is 2.12 bits per heavy atom. The fourth-order valence-electron chi connectivity index (χ4n) is 2.21. The van der Waals surface area contributed by atoms with Crippen molar-refractivity contribution in [3.8, 4) is 0 Å². The quantitative estimate of drug-likeness (QED) is 0.767. The molecule has 17 heavy (non-hydrogen) atoms. The van der Waals surface area contributed by atoms with Gasteiger partial charge in [0.15, 0.2) is 0 Å². The zero-order valence-corrected chi connectivity index (χ0v) is 12.1. The minimum Gasteiger partial charge on any atom is -0.351 e. The third-order valence-electron chi connectivity index (χ3n) is 3.58. The Hall–Kier alpha value is -0.220. The van der Waals surface area contributed by atoms with Crippen LogP contribution in [0.5, 0.6) is 0 Å². The smallest absolute Gasteiger partial charge is 0.234 e. The number of thioether (sulfide) groups is 1. The van der Waals surface area contributed by atoms with Crippen LogP contribution in [0.4, 0.5) is 0 Å². The Labute approximate surface area is 109 Å². The van der Waals surface area contributed by atoms with Crippen LogP contribution in [0.1, 0.15) is 46.0 Å². The fraction of sp³-hybridized carbons (Fsp3) is 0.923. The molecule has 1 aliphatic rings. The highest BCUT2D eigenvalue weighted by atomic mass is 32.2. The van der Waals surface area contributed by atoms with E-state index in [2.05, 4.69) is 30.7 Å². The molecule has 1 rings (SSSR count). The van der Waals surface area contributed by atoms with E-state index in [0.29, 0.717) is 23.9 Å². The summed E-state index contributed by atoms with van der Waals surface area (Å²) in [5.41, 5.74) is 0. The van der Waals surface area contributed by atoms with Crippen LogP contribution in [0.2, 0.25) is 0 Å². The highest BCUT2D eigenvalue weighted by Crippen LogP contribution is 2.26. The molecule has 0 radical (unpaired) electrons. The van der Waals surface area contributed by atoms with Crippen LogP contribution in [-0.4, -0.2) is 36.0 Å². The standard InChI is InChI=1S/C13H26N2OS/c1-4-10(2)14-9-13(16)15-11-7-5-6-8-12(11)17-3/h10-12,14H,4-9H2,1-3H3,(H,15,16). The summed E-state index contributed by atoms with van der Waals surface area (Å²) in [6.07, 6.45) is 8.14. The van der Waals surface area contributed by atoms with E-state index >= 15 is 0 Å². The average molecular weight is 258 g/mol. The molecule has 3 unspecified atom stereocenters. The molecule has 3 atom stereocenters. The second kappa shape index (κ2) is 7.98. The van der Waals surface area contributed by atoms with Gasteiger partial charge >= 0.3 is 0 Å². The number of rotatable bonds is 6. The van der Waals surface area contributed by atoms with Crippen molar-refractivity contribution in [1.29, 1.82) is 0 Å². The third kappa shape index (κ3) is 5.30. The first-order valence-corrected chi connectivity index (χ1v) is 8.01. The average Bonchev–Trinajstić information content (AvgIpc) is 2.36. The molecular weight excluding hydrogens is 232 g/mol. The van der Waals surface area contributed by atoms with Crippen molar-refractivity contribution in [3.05, 3.63) is 0 Å². The fourth-order valence-corrected chi connectivity index (χ4v) is 3.15. The summed E-state index contributed by atoms with van der Waals surface area (Å²) in [4.78, 5) is 11.8. The SMILES string of the molecule is CCC(C)NCC(=O)NC1CCCCC1SC. The third-order valence-corrected chi connectivity index (χ3v) is 4.74. The largest absolute Gasteiger partial charge is 0.351 e. The highest BCUT2D eigenvalue weighted by Gasteiger charge is 2.25. The van der Waals surface area contributed by atoms with E-state index < -0.39 is 0 Å². The van der Waals surface area contributed by atoms with Gasteiger partial charge < -0.3 is 10.6 Å². The molecule has 0 aromatic carbocycles. The lowest BCUT2D eigenvalue weighted by Crippen LogP contribution is -2.47. The van der Waals surface area contributed by atoms with E-state index in [4.69, 9.17) is 0 Å². The van der Waals surface area contributed by atoms with Gasteiger partial charge in [0.2, 0.25) is 5.91 Å². The minimum absolute atomic E-state index is 0.149. The van der Waals surface area contributed by atoms with Gasteiger partial charge in [0, 0.05) is 17.3 Å². The summed E-state index contributed by atoms with van der Waals surface area (Å²) < 4.78 is 0. The van der Waals surface area contributed by atoms with E-state index in [-0.39, 0.29) is 5.91 Å². The molecule has 1 saturated carbocycles. The van der Waals surface area contributed by atoms with Gasteiger partial charge in [0.1, 0.15) is 0 Å². The second-order valence-electron chi connectivity index (χ2n) is 4.92. The Morgan fingerprint density at radius 1 is 1.41 bits per heavy atom. The molecule has 0 saturated heterocycles. The van der Waals surface area contributed by atoms with Gasteiger partial charge in [0.05, 0.1) is 6.54 Å². The van der Waals surface area contributed by atoms with Gasteiger partial charge in [-0.25, -0.2) is 0 Å². The summed E-state index contributed by atoms with van der Waals surface area (Å²) in [6.45, 7) is 4.69. The molecular formula is C13H26N2OS. The van der Waals surface area contributed by atoms with E-state index in [9.17, 15) is 4.79 Å². The predicted octanol–water partition coefficient (Wildman–Crippen LogP) is 2.16. The van der Waals surface area contributed by atoms with Crippen LogP contribution in [0.25, 0.3) is 0 Å². The molecule has 100 valence electrons. The van der Waals surface area contributed by atoms with Gasteiger partial charge in [-0.05, 0) is 32.4 Å². The first-order valence-electron chi connectivity index (χ1n) is 6.73. The van der Waals surface area contributed by atoms with Crippen LogP contribution >= 0.6 is 11.8 Å². The number of hydrogen-bond donors (Lipinski definition) is 2. The van der Waals surface area contributed by atoms with Crippen molar-refractivity contribution in [2.75, 3.05) is 12.8 Å². The Balaban J connectivity index is 2.28. The van der Waals surface area contributed by atoms with Crippen molar-refractivity contribution in [3.63, 3.8) is 0 Å². The topological polar surface area (TPSA) is 41.1 Å². The maximum Gasteiger partial charge on any atom is 0.234 e. The summed E-state index contributed by atoms with van der Waals surface area (Å²) in [7, 11) is 0. The van der Waals surface area contributed by atoms with E-state index in [1.54, 1.807) is 0 Å². The van der Waals surface area contributed by atoms with Crippen molar-refractivity contribution in [2.45, 2.75) is 63.3 Å². The predicted molar refractivity (Wildman–Crippen MR) is 75.5 cm³/mol. The first kappa shape index (κ1) is 14.8. The summed E-state index contributed by atoms with van der Waals surface area (Å²) >= 11 is 1.89. The zero-order valence-electron chi connectivity index (χ0n) is 11.3. The lowest BCUT2D eigenvalue weighted by molar-refractivity contribution is -0.121. The lowest BCUT2D eigenvalue weighted by Gasteiger charge is -2.31. The molecule has 1 aliphatic carbocycles. The molecule has 0 aromatic heterocycles. The van der Waals surface area contributed by atoms with Crippen molar-refractivity contribution in [1.82, 2.24) is 10.6 Å². The molecule has 0 heterocycles. The molecule has 0 bridgehead atoms. The van der Waals surface area contributed by atoms with Gasteiger partial charge in [-0.15, -0.1) is 0 Å². The number of hydrogen-bond acceptors (Lipinski definition) is 3. The monoisotopic (exact) mass is 258 g/mol. The minimum atomic E-state index is 0.149. The molecule has 0 aliphatic heterocycles. The molecule has 0 aromatic rings. The van der Waals surface area contributed by atoms with Crippen LogP contribution < -0.4 is 10.6 Å². The molecule has 4 heteroatoms. The second-order valence-corrected chi connectivity index (χ2v) is 6.00. The van der Waals surface area contributed by atoms with Crippen LogP contribution in [0.15, 0.2) is 0 Å². The normalized spacial score (nSPS) is 26.5. The molecule has 1 amide bonds. The van der Waals surface area contributed by atoms with Crippen molar-refractivity contribution < 1.29 is 4.79 Å². The summed E-state index contributed by atoms with van der Waals surface area (Å²) in [6, 6.07) is 0.799. The maximum atomic E-state index is 11.8. The van der Waals surface area contributed by atoms with Crippen molar-refractivity contribution in [2.24, 2.45) is 0 Å². The van der Waals surface area contributed by atoms with E-state index in [1.165, 1.54) is 19.3 Å². The Morgan fingerprint density at radius 3 is 2.76 bits per heavy atom. The Bertz CT molecular complexity index is 235. The zero-order chi connectivity index (χ0) is 12.7. The van der Waals surface area contributed by atoms with Crippen LogP contribution in [0.3, 0.4) is 0 Å². The van der Waals surface area contributed by atoms with Gasteiger partial charge in [-0.1, -0.05) is 19.8 Å². The van der Waals surface area contributed by atoms with E-state index in [1.807, 2.05) is 11.8 Å².